The van der Waals surface area contributed by atoms with Gasteiger partial charge < -0.3 is 20.1 Å². The number of nitrogens with two attached hydrogens (primary N) is 1. The van der Waals surface area contributed by atoms with Crippen molar-refractivity contribution in [1.29, 1.82) is 0 Å². The molecule has 2 heterocycles. The van der Waals surface area contributed by atoms with Crippen LogP contribution in [0.25, 0.3) is 16.5 Å². The fraction of sp³-hybridized carbons (Fsp3) is 0.357. The molecule has 190 valence electrons. The molecule has 1 saturated heterocycles. The van der Waals surface area contributed by atoms with Crippen LogP contribution in [-0.2, 0) is 21.7 Å². The minimum atomic E-state index is -0.452. The Kier molecular flexibility index (Phi) is 7.55. The van der Waals surface area contributed by atoms with Crippen LogP contribution in [0.1, 0.15) is 38.8 Å². The van der Waals surface area contributed by atoms with Crippen LogP contribution >= 0.6 is 23.4 Å². The fourth-order valence-corrected chi connectivity index (χ4v) is 5.90. The SMILES string of the molecule is C=C(C(=O)N1CCN(C(C)=O)CC1)c1ccc(Sc2cccc3c(C(C)(C)N)cn(CC)c23)c(Cl)c1. The predicted molar refractivity (Wildman–Crippen MR) is 148 cm³/mol. The molecule has 6 nitrogen and oxygen atoms in total. The molecule has 0 unspecified atom stereocenters. The molecule has 2 N–H and O–H groups in total. The van der Waals surface area contributed by atoms with Gasteiger partial charge in [-0.3, -0.25) is 9.59 Å². The lowest BCUT2D eigenvalue weighted by molar-refractivity contribution is -0.135. The molecule has 1 fully saturated rings. The van der Waals surface area contributed by atoms with Gasteiger partial charge in [0.2, 0.25) is 5.91 Å². The van der Waals surface area contributed by atoms with Gasteiger partial charge in [-0.2, -0.15) is 0 Å². The number of hydrogen-bond donors (Lipinski definition) is 1. The molecule has 0 atom stereocenters. The van der Waals surface area contributed by atoms with Gasteiger partial charge in [-0.15, -0.1) is 0 Å². The number of aromatic nitrogens is 1. The maximum atomic E-state index is 13.0. The lowest BCUT2D eigenvalue weighted by Gasteiger charge is -2.34. The summed E-state index contributed by atoms with van der Waals surface area (Å²) in [4.78, 5) is 30.1. The Morgan fingerprint density at radius 2 is 1.75 bits per heavy atom. The highest BCUT2D eigenvalue weighted by atomic mass is 35.5. The van der Waals surface area contributed by atoms with Crippen LogP contribution in [0.15, 0.2) is 59.0 Å². The molecule has 1 aliphatic rings. The van der Waals surface area contributed by atoms with E-state index in [1.165, 1.54) is 0 Å². The van der Waals surface area contributed by atoms with Gasteiger partial charge in [0.15, 0.2) is 0 Å². The van der Waals surface area contributed by atoms with Gasteiger partial charge >= 0.3 is 0 Å². The minimum absolute atomic E-state index is 0.0330. The van der Waals surface area contributed by atoms with Gasteiger partial charge in [-0.05, 0) is 50.1 Å². The van der Waals surface area contributed by atoms with Crippen molar-refractivity contribution in [3.63, 3.8) is 0 Å². The average molecular weight is 525 g/mol. The highest BCUT2D eigenvalue weighted by Crippen LogP contribution is 2.40. The Balaban J connectivity index is 1.56. The Hall–Kier alpha value is -2.74. The molecular formula is C28H33ClN4O2S. The smallest absolute Gasteiger partial charge is 0.253 e. The van der Waals surface area contributed by atoms with Crippen molar-refractivity contribution < 1.29 is 9.59 Å². The van der Waals surface area contributed by atoms with Gasteiger partial charge in [0, 0.05) is 72.1 Å². The largest absolute Gasteiger partial charge is 0.346 e. The van der Waals surface area contributed by atoms with Crippen LogP contribution < -0.4 is 5.73 Å². The van der Waals surface area contributed by atoms with Crippen LogP contribution in [-0.4, -0.2) is 52.4 Å². The van der Waals surface area contributed by atoms with Crippen molar-refractivity contribution in [3.05, 3.63) is 65.3 Å². The molecule has 3 aromatic rings. The Labute approximate surface area is 222 Å². The number of piperazine rings is 1. The molecule has 2 aromatic carbocycles. The van der Waals surface area contributed by atoms with Gasteiger partial charge in [-0.1, -0.05) is 48.1 Å². The molecule has 36 heavy (non-hydrogen) atoms. The summed E-state index contributed by atoms with van der Waals surface area (Å²) in [7, 11) is 0. The number of carbonyl (C=O) groups is 2. The van der Waals surface area contributed by atoms with Gasteiger partial charge in [0.1, 0.15) is 0 Å². The van der Waals surface area contributed by atoms with E-state index in [1.54, 1.807) is 28.5 Å². The average Bonchev–Trinajstić information content (AvgIpc) is 3.25. The number of hydrogen-bond acceptors (Lipinski definition) is 4. The van der Waals surface area contributed by atoms with E-state index in [1.807, 2.05) is 32.0 Å². The van der Waals surface area contributed by atoms with E-state index in [0.717, 1.165) is 32.8 Å². The normalized spacial score (nSPS) is 14.4. The Bertz CT molecular complexity index is 1330. The number of nitrogens with zero attached hydrogens (tertiary/aromatic N) is 3. The van der Waals surface area contributed by atoms with Crippen LogP contribution in [0.3, 0.4) is 0 Å². The van der Waals surface area contributed by atoms with E-state index >= 15 is 0 Å². The van der Waals surface area contributed by atoms with Crippen LogP contribution in [0.2, 0.25) is 5.02 Å². The van der Waals surface area contributed by atoms with Gasteiger partial charge in [-0.25, -0.2) is 0 Å². The Morgan fingerprint density at radius 1 is 1.08 bits per heavy atom. The maximum Gasteiger partial charge on any atom is 0.253 e. The van der Waals surface area contributed by atoms with E-state index in [-0.39, 0.29) is 11.8 Å². The highest BCUT2D eigenvalue weighted by molar-refractivity contribution is 7.99. The summed E-state index contributed by atoms with van der Waals surface area (Å²) in [5.41, 5.74) is 9.37. The second-order valence-electron chi connectivity index (χ2n) is 9.73. The highest BCUT2D eigenvalue weighted by Gasteiger charge is 2.25. The van der Waals surface area contributed by atoms with Crippen molar-refractivity contribution in [2.24, 2.45) is 5.73 Å². The molecule has 0 aliphatic carbocycles. The van der Waals surface area contributed by atoms with Crippen LogP contribution in [0.5, 0.6) is 0 Å². The lowest BCUT2D eigenvalue weighted by Crippen LogP contribution is -2.50. The number of para-hydroxylation sites is 1. The second-order valence-corrected chi connectivity index (χ2v) is 11.2. The number of fused-ring (bicyclic) bond motifs is 1. The molecule has 4 rings (SSSR count). The molecule has 1 aliphatic heterocycles. The van der Waals surface area contributed by atoms with Crippen molar-refractivity contribution in [2.75, 3.05) is 26.2 Å². The molecule has 0 radical (unpaired) electrons. The minimum Gasteiger partial charge on any atom is -0.346 e. The molecular weight excluding hydrogens is 492 g/mol. The summed E-state index contributed by atoms with van der Waals surface area (Å²) < 4.78 is 2.23. The zero-order chi connectivity index (χ0) is 26.2. The van der Waals surface area contributed by atoms with Crippen LogP contribution in [0, 0.1) is 0 Å². The standard InChI is InChI=1S/C28H33ClN4O2S/c1-6-31-17-22(28(4,5)30)21-8-7-9-25(26(21)31)36-24-11-10-20(16-23(24)29)18(2)27(35)33-14-12-32(13-15-33)19(3)34/h7-11,16-17H,2,6,12-15,30H2,1,3-5H3. The third kappa shape index (κ3) is 5.19. The van der Waals surface area contributed by atoms with Crippen molar-refractivity contribution in [1.82, 2.24) is 14.4 Å². The third-order valence-corrected chi connectivity index (χ3v) is 8.22. The second kappa shape index (κ2) is 10.3. The number of carbonyl (C=O) groups excluding carboxylic acids is 2. The number of benzene rings is 2. The number of aryl methyl sites for hydroxylation is 1. The summed E-state index contributed by atoms with van der Waals surface area (Å²) in [6.07, 6.45) is 2.14. The summed E-state index contributed by atoms with van der Waals surface area (Å²) in [5.74, 6) is -0.0946. The first-order chi connectivity index (χ1) is 17.0. The molecule has 2 amide bonds. The third-order valence-electron chi connectivity index (χ3n) is 6.67. The molecule has 0 spiro atoms. The van der Waals surface area contributed by atoms with Crippen LogP contribution in [0.4, 0.5) is 0 Å². The summed E-state index contributed by atoms with van der Waals surface area (Å²) in [6.45, 7) is 14.7. The zero-order valence-corrected chi connectivity index (χ0v) is 22.9. The first-order valence-electron chi connectivity index (χ1n) is 12.1. The summed E-state index contributed by atoms with van der Waals surface area (Å²) in [6, 6.07) is 11.9. The quantitative estimate of drug-likeness (QED) is 0.440. The maximum absolute atomic E-state index is 13.0. The van der Waals surface area contributed by atoms with E-state index in [2.05, 4.69) is 42.5 Å². The molecule has 0 bridgehead atoms. The monoisotopic (exact) mass is 524 g/mol. The molecule has 0 saturated carbocycles. The fourth-order valence-electron chi connectivity index (χ4n) is 4.60. The van der Waals surface area contributed by atoms with Gasteiger partial charge in [0.25, 0.3) is 5.91 Å². The first-order valence-corrected chi connectivity index (χ1v) is 13.3. The summed E-state index contributed by atoms with van der Waals surface area (Å²) >= 11 is 8.31. The number of halogens is 1. The van der Waals surface area contributed by atoms with E-state index in [4.69, 9.17) is 17.3 Å². The first kappa shape index (κ1) is 26.3. The topological polar surface area (TPSA) is 71.6 Å². The van der Waals surface area contributed by atoms with E-state index < -0.39 is 5.54 Å². The number of rotatable bonds is 6. The van der Waals surface area contributed by atoms with E-state index in [0.29, 0.717) is 42.3 Å². The van der Waals surface area contributed by atoms with Crippen molar-refractivity contribution >= 4 is 51.7 Å². The Morgan fingerprint density at radius 3 is 2.33 bits per heavy atom. The molecule has 8 heteroatoms. The summed E-state index contributed by atoms with van der Waals surface area (Å²) in [5, 5.41) is 1.71. The predicted octanol–water partition coefficient (Wildman–Crippen LogP) is 5.36. The van der Waals surface area contributed by atoms with Crippen molar-refractivity contribution in [2.45, 2.75) is 49.6 Å². The molecule has 1 aromatic heterocycles. The van der Waals surface area contributed by atoms with Crippen molar-refractivity contribution in [3.8, 4) is 0 Å². The number of amides is 2. The van der Waals surface area contributed by atoms with Gasteiger partial charge in [0.05, 0.1) is 10.5 Å². The van der Waals surface area contributed by atoms with E-state index in [9.17, 15) is 9.59 Å². The zero-order valence-electron chi connectivity index (χ0n) is 21.3. The lowest BCUT2D eigenvalue weighted by atomic mass is 9.95.